The number of pyridine rings is 1. The van der Waals surface area contributed by atoms with Crippen molar-refractivity contribution in [2.45, 2.75) is 25.3 Å². The van der Waals surface area contributed by atoms with Gasteiger partial charge in [0.2, 0.25) is 0 Å². The highest BCUT2D eigenvalue weighted by molar-refractivity contribution is 7.92. The zero-order valence-electron chi connectivity index (χ0n) is 15.6. The molecule has 0 spiro atoms. The number of aromatic nitrogens is 1. The van der Waals surface area contributed by atoms with Crippen molar-refractivity contribution in [3.8, 4) is 0 Å². The average molecular weight is 395 g/mol. The third-order valence-electron chi connectivity index (χ3n) is 4.16. The molecular weight excluding hydrogens is 374 g/mol. The van der Waals surface area contributed by atoms with Gasteiger partial charge in [-0.1, -0.05) is 47.5 Å². The van der Waals surface area contributed by atoms with Crippen LogP contribution in [0.4, 0.5) is 5.69 Å². The second-order valence-corrected chi connectivity index (χ2v) is 8.23. The number of carbonyl (C=O) groups is 1. The van der Waals surface area contributed by atoms with Crippen molar-refractivity contribution in [3.63, 3.8) is 0 Å². The van der Waals surface area contributed by atoms with E-state index in [0.29, 0.717) is 6.54 Å². The lowest BCUT2D eigenvalue weighted by Crippen LogP contribution is -2.23. The summed E-state index contributed by atoms with van der Waals surface area (Å²) in [6.45, 7) is 4.25. The Balaban J connectivity index is 1.70. The number of hydrogen-bond donors (Lipinski definition) is 2. The fraction of sp³-hybridized carbons (Fsp3) is 0.143. The lowest BCUT2D eigenvalue weighted by molar-refractivity contribution is 0.0950. The zero-order valence-corrected chi connectivity index (χ0v) is 16.5. The summed E-state index contributed by atoms with van der Waals surface area (Å²) in [4.78, 5) is 16.5. The van der Waals surface area contributed by atoms with E-state index in [1.54, 1.807) is 12.1 Å². The SMILES string of the molecule is Cc1ccc(CNC(=O)c2cncc(NS(=O)(=O)c3ccc(C)cc3)c2)cc1. The second-order valence-electron chi connectivity index (χ2n) is 6.55. The maximum atomic E-state index is 12.5. The van der Waals surface area contributed by atoms with Crippen LogP contribution in [-0.2, 0) is 16.6 Å². The van der Waals surface area contributed by atoms with Crippen LogP contribution in [0.15, 0.2) is 71.9 Å². The Morgan fingerprint density at radius 2 is 1.54 bits per heavy atom. The van der Waals surface area contributed by atoms with Gasteiger partial charge in [-0.25, -0.2) is 8.42 Å². The van der Waals surface area contributed by atoms with E-state index >= 15 is 0 Å². The number of rotatable bonds is 6. The highest BCUT2D eigenvalue weighted by Crippen LogP contribution is 2.17. The molecule has 1 heterocycles. The van der Waals surface area contributed by atoms with Crippen LogP contribution in [0.25, 0.3) is 0 Å². The molecule has 0 unspecified atom stereocenters. The highest BCUT2D eigenvalue weighted by Gasteiger charge is 2.15. The van der Waals surface area contributed by atoms with E-state index in [1.165, 1.54) is 30.6 Å². The van der Waals surface area contributed by atoms with Crippen molar-refractivity contribution in [3.05, 3.63) is 89.2 Å². The van der Waals surface area contributed by atoms with Gasteiger partial charge in [-0.05, 0) is 37.6 Å². The summed E-state index contributed by atoms with van der Waals surface area (Å²) < 4.78 is 27.4. The Morgan fingerprint density at radius 1 is 0.929 bits per heavy atom. The molecule has 2 aromatic carbocycles. The number of benzene rings is 2. The number of amides is 1. The van der Waals surface area contributed by atoms with Crippen LogP contribution in [0, 0.1) is 13.8 Å². The normalized spacial score (nSPS) is 11.1. The topological polar surface area (TPSA) is 88.2 Å². The number of aryl methyl sites for hydroxylation is 2. The van der Waals surface area contributed by atoms with Crippen LogP contribution in [0.2, 0.25) is 0 Å². The minimum Gasteiger partial charge on any atom is -0.348 e. The van der Waals surface area contributed by atoms with Gasteiger partial charge in [0.1, 0.15) is 0 Å². The molecule has 0 bridgehead atoms. The van der Waals surface area contributed by atoms with Crippen LogP contribution in [0.3, 0.4) is 0 Å². The van der Waals surface area contributed by atoms with Crippen molar-refractivity contribution >= 4 is 21.6 Å². The van der Waals surface area contributed by atoms with Gasteiger partial charge in [-0.3, -0.25) is 14.5 Å². The summed E-state index contributed by atoms with van der Waals surface area (Å²) in [7, 11) is -3.75. The highest BCUT2D eigenvalue weighted by atomic mass is 32.2. The van der Waals surface area contributed by atoms with E-state index in [0.717, 1.165) is 16.7 Å². The number of nitrogens with one attached hydrogen (secondary N) is 2. The maximum absolute atomic E-state index is 12.5. The van der Waals surface area contributed by atoms with Crippen molar-refractivity contribution < 1.29 is 13.2 Å². The van der Waals surface area contributed by atoms with Gasteiger partial charge >= 0.3 is 0 Å². The first-order chi connectivity index (χ1) is 13.3. The van der Waals surface area contributed by atoms with E-state index in [-0.39, 0.29) is 22.1 Å². The molecule has 0 radical (unpaired) electrons. The molecule has 0 aliphatic rings. The second kappa shape index (κ2) is 8.22. The molecule has 0 atom stereocenters. The van der Waals surface area contributed by atoms with E-state index in [1.807, 2.05) is 38.1 Å². The average Bonchev–Trinajstić information content (AvgIpc) is 2.67. The van der Waals surface area contributed by atoms with Gasteiger partial charge in [-0.2, -0.15) is 0 Å². The molecule has 0 saturated heterocycles. The smallest absolute Gasteiger partial charge is 0.261 e. The molecule has 0 aliphatic carbocycles. The van der Waals surface area contributed by atoms with E-state index in [4.69, 9.17) is 0 Å². The summed E-state index contributed by atoms with van der Waals surface area (Å²) in [5, 5.41) is 2.81. The predicted molar refractivity (Wildman–Crippen MR) is 109 cm³/mol. The molecule has 6 nitrogen and oxygen atoms in total. The van der Waals surface area contributed by atoms with Crippen molar-refractivity contribution in [1.29, 1.82) is 0 Å². The molecule has 1 aromatic heterocycles. The monoisotopic (exact) mass is 395 g/mol. The Labute approximate surface area is 164 Å². The number of nitrogens with zero attached hydrogens (tertiary/aromatic N) is 1. The molecule has 1 amide bonds. The summed E-state index contributed by atoms with van der Waals surface area (Å²) in [5.41, 5.74) is 3.59. The summed E-state index contributed by atoms with van der Waals surface area (Å²) in [5.74, 6) is -0.329. The molecule has 7 heteroatoms. The van der Waals surface area contributed by atoms with Crippen molar-refractivity contribution in [1.82, 2.24) is 10.3 Å². The minimum atomic E-state index is -3.75. The molecule has 0 fully saturated rings. The van der Waals surface area contributed by atoms with Crippen LogP contribution >= 0.6 is 0 Å². The summed E-state index contributed by atoms with van der Waals surface area (Å²) >= 11 is 0. The fourth-order valence-electron chi connectivity index (χ4n) is 2.54. The van der Waals surface area contributed by atoms with Crippen LogP contribution in [-0.4, -0.2) is 19.3 Å². The zero-order chi connectivity index (χ0) is 20.1. The fourth-order valence-corrected chi connectivity index (χ4v) is 3.58. The Kier molecular flexibility index (Phi) is 5.75. The maximum Gasteiger partial charge on any atom is 0.261 e. The Bertz CT molecular complexity index is 1080. The number of sulfonamides is 1. The predicted octanol–water partition coefficient (Wildman–Crippen LogP) is 3.43. The third-order valence-corrected chi connectivity index (χ3v) is 5.55. The first kappa shape index (κ1) is 19.6. The first-order valence-corrected chi connectivity index (χ1v) is 10.2. The van der Waals surface area contributed by atoms with E-state index < -0.39 is 10.0 Å². The number of anilines is 1. The van der Waals surface area contributed by atoms with Gasteiger partial charge in [0.15, 0.2) is 0 Å². The van der Waals surface area contributed by atoms with Gasteiger partial charge in [-0.15, -0.1) is 0 Å². The van der Waals surface area contributed by atoms with Crippen molar-refractivity contribution in [2.75, 3.05) is 4.72 Å². The van der Waals surface area contributed by atoms with Gasteiger partial charge in [0.05, 0.1) is 22.3 Å². The quantitative estimate of drug-likeness (QED) is 0.669. The molecule has 2 N–H and O–H groups in total. The van der Waals surface area contributed by atoms with Crippen LogP contribution in [0.1, 0.15) is 27.0 Å². The summed E-state index contributed by atoms with van der Waals surface area (Å²) in [6, 6.07) is 15.8. The molecule has 0 aliphatic heterocycles. The number of hydrogen-bond acceptors (Lipinski definition) is 4. The Morgan fingerprint density at radius 3 is 2.18 bits per heavy atom. The molecular formula is C21H21N3O3S. The van der Waals surface area contributed by atoms with E-state index in [2.05, 4.69) is 15.0 Å². The first-order valence-electron chi connectivity index (χ1n) is 8.72. The number of carbonyl (C=O) groups excluding carboxylic acids is 1. The van der Waals surface area contributed by atoms with Gasteiger partial charge < -0.3 is 5.32 Å². The van der Waals surface area contributed by atoms with Crippen LogP contribution < -0.4 is 10.0 Å². The lowest BCUT2D eigenvalue weighted by Gasteiger charge is -2.10. The molecule has 3 aromatic rings. The van der Waals surface area contributed by atoms with Gasteiger partial charge in [0.25, 0.3) is 15.9 Å². The minimum absolute atomic E-state index is 0.146. The molecule has 0 saturated carbocycles. The molecule has 28 heavy (non-hydrogen) atoms. The summed E-state index contributed by atoms with van der Waals surface area (Å²) in [6.07, 6.45) is 2.76. The molecule has 144 valence electrons. The van der Waals surface area contributed by atoms with Crippen molar-refractivity contribution in [2.24, 2.45) is 0 Å². The Hall–Kier alpha value is -3.19. The standard InChI is InChI=1S/C21H21N3O3S/c1-15-3-7-17(8-4-15)12-23-21(25)18-11-19(14-22-13-18)24-28(26,27)20-9-5-16(2)6-10-20/h3-11,13-14,24H,12H2,1-2H3,(H,23,25). The largest absolute Gasteiger partial charge is 0.348 e. The third kappa shape index (κ3) is 4.95. The molecule has 3 rings (SSSR count). The lowest BCUT2D eigenvalue weighted by atomic mass is 10.1. The van der Waals surface area contributed by atoms with E-state index in [9.17, 15) is 13.2 Å². The van der Waals surface area contributed by atoms with Crippen LogP contribution in [0.5, 0.6) is 0 Å². The van der Waals surface area contributed by atoms with Gasteiger partial charge in [0, 0.05) is 12.7 Å².